The molecule has 2 heterocycles. The van der Waals surface area contributed by atoms with Gasteiger partial charge >= 0.3 is 0 Å². The molecule has 0 unspecified atom stereocenters. The number of rotatable bonds is 6. The van der Waals surface area contributed by atoms with Crippen molar-refractivity contribution in [3.05, 3.63) is 47.5 Å². The number of fused-ring (bicyclic) bond motifs is 2. The monoisotopic (exact) mass is 432 g/mol. The van der Waals surface area contributed by atoms with E-state index in [0.29, 0.717) is 0 Å². The van der Waals surface area contributed by atoms with E-state index in [1.54, 1.807) is 7.11 Å². The molecule has 2 aliphatic heterocycles. The number of hydrogen-bond acceptors (Lipinski definition) is 5. The van der Waals surface area contributed by atoms with Crippen LogP contribution < -0.4 is 10.1 Å². The zero-order chi connectivity index (χ0) is 21.8. The molecule has 170 valence electrons. The van der Waals surface area contributed by atoms with Gasteiger partial charge in [0.05, 0.1) is 18.5 Å². The van der Waals surface area contributed by atoms with E-state index >= 15 is 0 Å². The Morgan fingerprint density at radius 2 is 1.69 bits per heavy atom. The number of nitrogens with zero attached hydrogens (tertiary/aromatic N) is 3. The zero-order valence-corrected chi connectivity index (χ0v) is 19.4. The summed E-state index contributed by atoms with van der Waals surface area (Å²) < 4.78 is 5.23. The Kier molecular flexibility index (Phi) is 6.72. The molecule has 2 aromatic rings. The quantitative estimate of drug-likeness (QED) is 0.519. The lowest BCUT2D eigenvalue weighted by Gasteiger charge is -2.44. The SMILES string of the molecule is COc1ccc(N=Nc2ccc(NC[C@H]3CCCN4CCCC[C@@H]34)c3c2CCCC3)cc1. The minimum Gasteiger partial charge on any atom is -0.497 e. The molecule has 1 aliphatic carbocycles. The van der Waals surface area contributed by atoms with Crippen molar-refractivity contribution in [2.75, 3.05) is 32.1 Å². The first-order valence-electron chi connectivity index (χ1n) is 12.5. The number of nitrogens with one attached hydrogen (secondary N) is 1. The van der Waals surface area contributed by atoms with E-state index in [1.165, 1.54) is 74.8 Å². The molecule has 0 amide bonds. The van der Waals surface area contributed by atoms with Gasteiger partial charge < -0.3 is 15.0 Å². The Balaban J connectivity index is 1.31. The number of methoxy groups -OCH3 is 1. The Hall–Kier alpha value is -2.40. The Morgan fingerprint density at radius 1 is 0.875 bits per heavy atom. The zero-order valence-electron chi connectivity index (χ0n) is 19.4. The number of anilines is 1. The fourth-order valence-corrected chi connectivity index (χ4v) is 5.92. The van der Waals surface area contributed by atoms with Crippen LogP contribution in [0.5, 0.6) is 5.75 Å². The van der Waals surface area contributed by atoms with Gasteiger partial charge in [-0.3, -0.25) is 0 Å². The molecule has 3 aliphatic rings. The lowest BCUT2D eigenvalue weighted by Crippen LogP contribution is -2.49. The van der Waals surface area contributed by atoms with Crippen molar-refractivity contribution in [2.45, 2.75) is 63.8 Å². The summed E-state index contributed by atoms with van der Waals surface area (Å²) in [5, 5.41) is 13.0. The van der Waals surface area contributed by atoms with Crippen LogP contribution in [0.4, 0.5) is 17.1 Å². The second-order valence-corrected chi connectivity index (χ2v) is 9.58. The standard InChI is InChI=1S/C27H36N4O/c1-32-22-13-11-21(12-14-22)29-30-26-16-15-25(23-8-2-3-9-24(23)26)28-19-20-7-6-18-31-17-5-4-10-27(20)31/h11-16,20,27-28H,2-10,17-19H2,1H3/t20-,27+/m1/s1. The summed E-state index contributed by atoms with van der Waals surface area (Å²) in [5.41, 5.74) is 6.07. The fraction of sp³-hybridized carbons (Fsp3) is 0.556. The van der Waals surface area contributed by atoms with E-state index in [1.807, 2.05) is 24.3 Å². The minimum atomic E-state index is 0.776. The predicted octanol–water partition coefficient (Wildman–Crippen LogP) is 6.67. The third kappa shape index (κ3) is 4.68. The molecule has 0 aromatic heterocycles. The summed E-state index contributed by atoms with van der Waals surface area (Å²) in [6.07, 6.45) is 11.6. The summed E-state index contributed by atoms with van der Waals surface area (Å²) in [5.74, 6) is 1.61. The first-order valence-corrected chi connectivity index (χ1v) is 12.5. The summed E-state index contributed by atoms with van der Waals surface area (Å²) in [6, 6.07) is 12.9. The number of hydrogen-bond donors (Lipinski definition) is 1. The summed E-state index contributed by atoms with van der Waals surface area (Å²) in [7, 11) is 1.68. The van der Waals surface area contributed by atoms with Crippen LogP contribution in [0, 0.1) is 5.92 Å². The highest BCUT2D eigenvalue weighted by Crippen LogP contribution is 2.37. The maximum Gasteiger partial charge on any atom is 0.119 e. The molecule has 0 saturated carbocycles. The van der Waals surface area contributed by atoms with Crippen molar-refractivity contribution >= 4 is 17.1 Å². The molecule has 5 heteroatoms. The van der Waals surface area contributed by atoms with Crippen LogP contribution in [0.3, 0.4) is 0 Å². The summed E-state index contributed by atoms with van der Waals surface area (Å²) in [6.45, 7) is 3.72. The predicted molar refractivity (Wildman–Crippen MR) is 131 cm³/mol. The van der Waals surface area contributed by atoms with Crippen LogP contribution in [0.25, 0.3) is 0 Å². The van der Waals surface area contributed by atoms with Gasteiger partial charge in [-0.2, -0.15) is 10.2 Å². The molecular weight excluding hydrogens is 396 g/mol. The Labute approximate surface area is 192 Å². The normalized spacial score (nSPS) is 23.5. The first-order chi connectivity index (χ1) is 15.8. The Morgan fingerprint density at radius 3 is 2.53 bits per heavy atom. The molecular formula is C27H36N4O. The van der Waals surface area contributed by atoms with Gasteiger partial charge in [-0.1, -0.05) is 6.42 Å². The summed E-state index contributed by atoms with van der Waals surface area (Å²) in [4.78, 5) is 2.76. The molecule has 32 heavy (non-hydrogen) atoms. The van der Waals surface area contributed by atoms with Crippen molar-refractivity contribution in [1.82, 2.24) is 4.90 Å². The van der Waals surface area contributed by atoms with Crippen molar-refractivity contribution in [3.63, 3.8) is 0 Å². The van der Waals surface area contributed by atoms with E-state index in [0.717, 1.165) is 48.5 Å². The van der Waals surface area contributed by atoms with Gasteiger partial charge in [0.2, 0.25) is 0 Å². The van der Waals surface area contributed by atoms with Crippen molar-refractivity contribution in [2.24, 2.45) is 16.1 Å². The molecule has 5 nitrogen and oxygen atoms in total. The minimum absolute atomic E-state index is 0.776. The van der Waals surface area contributed by atoms with E-state index in [2.05, 4.69) is 32.6 Å². The van der Waals surface area contributed by atoms with Crippen molar-refractivity contribution < 1.29 is 4.74 Å². The highest BCUT2D eigenvalue weighted by molar-refractivity contribution is 5.64. The van der Waals surface area contributed by atoms with Crippen LogP contribution >= 0.6 is 0 Å². The van der Waals surface area contributed by atoms with Crippen LogP contribution in [0.2, 0.25) is 0 Å². The average Bonchev–Trinajstić information content (AvgIpc) is 2.86. The highest BCUT2D eigenvalue weighted by Gasteiger charge is 2.32. The number of azo groups is 1. The molecule has 2 atom stereocenters. The molecule has 2 saturated heterocycles. The third-order valence-electron chi connectivity index (χ3n) is 7.64. The lowest BCUT2D eigenvalue weighted by atomic mass is 9.83. The fourth-order valence-electron chi connectivity index (χ4n) is 5.92. The van der Waals surface area contributed by atoms with Gasteiger partial charge in [0, 0.05) is 18.3 Å². The molecule has 0 spiro atoms. The maximum atomic E-state index is 5.23. The van der Waals surface area contributed by atoms with E-state index in [-0.39, 0.29) is 0 Å². The molecule has 0 radical (unpaired) electrons. The first kappa shape index (κ1) is 21.4. The number of benzene rings is 2. The van der Waals surface area contributed by atoms with Crippen molar-refractivity contribution in [3.8, 4) is 5.75 Å². The molecule has 5 rings (SSSR count). The third-order valence-corrected chi connectivity index (χ3v) is 7.64. The molecule has 1 N–H and O–H groups in total. The smallest absolute Gasteiger partial charge is 0.119 e. The van der Waals surface area contributed by atoms with E-state index < -0.39 is 0 Å². The van der Waals surface area contributed by atoms with Crippen LogP contribution in [0.1, 0.15) is 56.1 Å². The van der Waals surface area contributed by atoms with Gasteiger partial charge in [0.25, 0.3) is 0 Å². The second-order valence-electron chi connectivity index (χ2n) is 9.58. The maximum absolute atomic E-state index is 5.23. The number of ether oxygens (including phenoxy) is 1. The highest BCUT2D eigenvalue weighted by atomic mass is 16.5. The van der Waals surface area contributed by atoms with Gasteiger partial charge in [-0.15, -0.1) is 0 Å². The van der Waals surface area contributed by atoms with Gasteiger partial charge in [-0.05, 0) is 118 Å². The topological polar surface area (TPSA) is 49.2 Å². The van der Waals surface area contributed by atoms with Gasteiger partial charge in [0.15, 0.2) is 0 Å². The summed E-state index contributed by atoms with van der Waals surface area (Å²) >= 11 is 0. The lowest BCUT2D eigenvalue weighted by molar-refractivity contribution is 0.0649. The molecule has 2 aromatic carbocycles. The Bertz CT molecular complexity index is 937. The largest absolute Gasteiger partial charge is 0.497 e. The van der Waals surface area contributed by atoms with Crippen LogP contribution in [0.15, 0.2) is 46.6 Å². The van der Waals surface area contributed by atoms with E-state index in [4.69, 9.17) is 4.74 Å². The van der Waals surface area contributed by atoms with E-state index in [9.17, 15) is 0 Å². The van der Waals surface area contributed by atoms with Crippen LogP contribution in [-0.2, 0) is 12.8 Å². The van der Waals surface area contributed by atoms with Gasteiger partial charge in [-0.25, -0.2) is 0 Å². The van der Waals surface area contributed by atoms with Crippen molar-refractivity contribution in [1.29, 1.82) is 0 Å². The average molecular weight is 433 g/mol. The molecule has 2 fully saturated rings. The molecule has 0 bridgehead atoms. The van der Waals surface area contributed by atoms with Gasteiger partial charge in [0.1, 0.15) is 5.75 Å². The number of piperidine rings is 2. The second kappa shape index (κ2) is 10.0. The van der Waals surface area contributed by atoms with Crippen LogP contribution in [-0.4, -0.2) is 37.7 Å².